The van der Waals surface area contributed by atoms with Crippen molar-refractivity contribution in [3.8, 4) is 0 Å². The third-order valence-electron chi connectivity index (χ3n) is 6.03. The minimum Gasteiger partial charge on any atom is -0.387 e. The summed E-state index contributed by atoms with van der Waals surface area (Å²) < 4.78 is 0. The average molecular weight is 561 g/mol. The summed E-state index contributed by atoms with van der Waals surface area (Å²) in [5.41, 5.74) is 0.586. The lowest BCUT2D eigenvalue weighted by molar-refractivity contribution is -0.127. The Hall–Kier alpha value is -1.000. The Morgan fingerprint density at radius 1 is 1.29 bits per heavy atom. The first-order valence-corrected chi connectivity index (χ1v) is 12.3. The summed E-state index contributed by atoms with van der Waals surface area (Å²) in [6.45, 7) is 7.63. The number of amides is 1. The van der Waals surface area contributed by atoms with E-state index >= 15 is 0 Å². The van der Waals surface area contributed by atoms with Crippen LogP contribution in [0.1, 0.15) is 38.7 Å². The topological polar surface area (TPSA) is 77.0 Å². The molecule has 1 saturated heterocycles. The molecule has 1 aromatic carbocycles. The molecule has 1 amide bonds. The minimum atomic E-state index is -0.680. The van der Waals surface area contributed by atoms with Crippen molar-refractivity contribution < 1.29 is 9.90 Å². The third-order valence-corrected chi connectivity index (χ3v) is 7.44. The maximum absolute atomic E-state index is 12.4. The van der Waals surface area contributed by atoms with Gasteiger partial charge < -0.3 is 20.6 Å². The number of nitrogens with one attached hydrogen (secondary N) is 2. The van der Waals surface area contributed by atoms with Crippen LogP contribution in [0.3, 0.4) is 0 Å². The Labute approximate surface area is 208 Å². The molecule has 1 heterocycles. The number of hydrogen-bond donors (Lipinski definition) is 3. The number of aliphatic hydroxyl groups is 1. The van der Waals surface area contributed by atoms with Crippen LogP contribution in [0.25, 0.3) is 0 Å². The fourth-order valence-corrected chi connectivity index (χ4v) is 5.32. The van der Waals surface area contributed by atoms with Gasteiger partial charge in [0, 0.05) is 43.8 Å². The van der Waals surface area contributed by atoms with Crippen molar-refractivity contribution in [2.24, 2.45) is 10.9 Å². The average Bonchev–Trinajstić information content (AvgIpc) is 3.11. The van der Waals surface area contributed by atoms with Crippen LogP contribution in [0.2, 0.25) is 0 Å². The lowest BCUT2D eigenvalue weighted by Crippen LogP contribution is -2.53. The summed E-state index contributed by atoms with van der Waals surface area (Å²) in [5.74, 6) is 2.27. The fraction of sp³-hybridized carbons (Fsp3) is 0.652. The fourth-order valence-electron chi connectivity index (χ4n) is 4.13. The van der Waals surface area contributed by atoms with Crippen LogP contribution in [0.15, 0.2) is 35.3 Å². The van der Waals surface area contributed by atoms with Gasteiger partial charge in [-0.2, -0.15) is 11.8 Å². The lowest BCUT2D eigenvalue weighted by atomic mass is 9.79. The van der Waals surface area contributed by atoms with Crippen LogP contribution in [-0.2, 0) is 11.2 Å². The SMILES string of the molecule is CCNC(=NCC1(O)CCC1SCC)NCC1CC(=O)N(CCc2ccccc2)C1.I. The molecule has 1 aromatic rings. The first-order valence-electron chi connectivity index (χ1n) is 11.2. The molecule has 3 rings (SSSR count). The smallest absolute Gasteiger partial charge is 0.223 e. The molecule has 1 saturated carbocycles. The number of benzene rings is 1. The molecular weight excluding hydrogens is 523 g/mol. The molecule has 174 valence electrons. The van der Waals surface area contributed by atoms with E-state index in [-0.39, 0.29) is 35.8 Å². The lowest BCUT2D eigenvalue weighted by Gasteiger charge is -2.44. The van der Waals surface area contributed by atoms with Crippen molar-refractivity contribution in [2.75, 3.05) is 38.5 Å². The van der Waals surface area contributed by atoms with Gasteiger partial charge in [0.05, 0.1) is 12.1 Å². The van der Waals surface area contributed by atoms with E-state index in [2.05, 4.69) is 34.7 Å². The maximum atomic E-state index is 12.4. The Bertz CT molecular complexity index is 721. The van der Waals surface area contributed by atoms with Gasteiger partial charge in [0.25, 0.3) is 0 Å². The number of aliphatic imine (C=N–C) groups is 1. The number of nitrogens with zero attached hydrogens (tertiary/aromatic N) is 2. The Balaban J connectivity index is 0.00000341. The van der Waals surface area contributed by atoms with Gasteiger partial charge in [-0.05, 0) is 37.5 Å². The van der Waals surface area contributed by atoms with E-state index in [0.717, 1.165) is 50.6 Å². The molecule has 3 unspecified atom stereocenters. The van der Waals surface area contributed by atoms with Crippen LogP contribution in [0, 0.1) is 5.92 Å². The maximum Gasteiger partial charge on any atom is 0.223 e. The minimum absolute atomic E-state index is 0. The molecule has 0 bridgehead atoms. The molecule has 31 heavy (non-hydrogen) atoms. The highest BCUT2D eigenvalue weighted by Gasteiger charge is 2.45. The van der Waals surface area contributed by atoms with E-state index in [1.165, 1.54) is 5.56 Å². The highest BCUT2D eigenvalue weighted by molar-refractivity contribution is 14.0. The third kappa shape index (κ3) is 7.53. The zero-order valence-corrected chi connectivity index (χ0v) is 21.8. The van der Waals surface area contributed by atoms with Gasteiger partial charge in [0.15, 0.2) is 5.96 Å². The number of likely N-dealkylation sites (tertiary alicyclic amines) is 1. The standard InChI is InChI=1S/C23H36N4O2S.HI/c1-3-24-22(26-17-23(29)12-10-20(23)30-4-2)25-15-19-14-21(28)27(16-19)13-11-18-8-6-5-7-9-18;/h5-9,19-20,29H,3-4,10-17H2,1-2H3,(H2,24,25,26);1H. The summed E-state index contributed by atoms with van der Waals surface area (Å²) in [7, 11) is 0. The number of rotatable bonds is 10. The van der Waals surface area contributed by atoms with Gasteiger partial charge in [-0.3, -0.25) is 9.79 Å². The van der Waals surface area contributed by atoms with Gasteiger partial charge in [-0.25, -0.2) is 0 Å². The second kappa shape index (κ2) is 12.9. The van der Waals surface area contributed by atoms with Crippen LogP contribution in [-0.4, -0.2) is 71.2 Å². The van der Waals surface area contributed by atoms with Crippen molar-refractivity contribution >= 4 is 47.6 Å². The number of halogens is 1. The number of carbonyl (C=O) groups is 1. The van der Waals surface area contributed by atoms with E-state index < -0.39 is 5.60 Å². The van der Waals surface area contributed by atoms with E-state index in [1.807, 2.05) is 41.8 Å². The summed E-state index contributed by atoms with van der Waals surface area (Å²) in [6, 6.07) is 10.3. The van der Waals surface area contributed by atoms with Crippen molar-refractivity contribution in [3.63, 3.8) is 0 Å². The molecule has 2 aliphatic rings. The highest BCUT2D eigenvalue weighted by atomic mass is 127. The molecule has 3 N–H and O–H groups in total. The van der Waals surface area contributed by atoms with Crippen LogP contribution in [0.4, 0.5) is 0 Å². The van der Waals surface area contributed by atoms with E-state index in [9.17, 15) is 9.90 Å². The Kier molecular flexibility index (Phi) is 10.9. The molecule has 8 heteroatoms. The van der Waals surface area contributed by atoms with Crippen LogP contribution in [0.5, 0.6) is 0 Å². The molecule has 3 atom stereocenters. The van der Waals surface area contributed by atoms with Crippen LogP contribution >= 0.6 is 35.7 Å². The monoisotopic (exact) mass is 560 g/mol. The second-order valence-electron chi connectivity index (χ2n) is 8.31. The predicted molar refractivity (Wildman–Crippen MR) is 140 cm³/mol. The Morgan fingerprint density at radius 2 is 2.06 bits per heavy atom. The summed E-state index contributed by atoms with van der Waals surface area (Å²) in [6.07, 6.45) is 3.37. The summed E-state index contributed by atoms with van der Waals surface area (Å²) in [4.78, 5) is 19.0. The molecule has 6 nitrogen and oxygen atoms in total. The van der Waals surface area contributed by atoms with Crippen molar-refractivity contribution in [3.05, 3.63) is 35.9 Å². The zero-order chi connectivity index (χ0) is 21.4. The van der Waals surface area contributed by atoms with Gasteiger partial charge in [0.2, 0.25) is 5.91 Å². The summed E-state index contributed by atoms with van der Waals surface area (Å²) in [5, 5.41) is 17.7. The first kappa shape index (κ1) is 26.3. The molecular formula is C23H37IN4O2S. The molecule has 0 spiro atoms. The predicted octanol–water partition coefficient (Wildman–Crippen LogP) is 2.90. The number of guanidine groups is 1. The molecule has 0 radical (unpaired) electrons. The number of carbonyl (C=O) groups excluding carboxylic acids is 1. The van der Waals surface area contributed by atoms with Crippen LogP contribution < -0.4 is 10.6 Å². The zero-order valence-electron chi connectivity index (χ0n) is 18.7. The normalized spacial score (nSPS) is 25.7. The van der Waals surface area contributed by atoms with E-state index in [4.69, 9.17) is 0 Å². The van der Waals surface area contributed by atoms with Gasteiger partial charge >= 0.3 is 0 Å². The van der Waals surface area contributed by atoms with E-state index in [0.29, 0.717) is 24.8 Å². The largest absolute Gasteiger partial charge is 0.387 e. The molecule has 2 fully saturated rings. The Morgan fingerprint density at radius 3 is 2.71 bits per heavy atom. The summed E-state index contributed by atoms with van der Waals surface area (Å²) >= 11 is 1.82. The molecule has 1 aliphatic carbocycles. The number of thioether (sulfide) groups is 1. The van der Waals surface area contributed by atoms with Crippen molar-refractivity contribution in [1.82, 2.24) is 15.5 Å². The van der Waals surface area contributed by atoms with Crippen molar-refractivity contribution in [2.45, 2.75) is 50.4 Å². The van der Waals surface area contributed by atoms with Crippen molar-refractivity contribution in [1.29, 1.82) is 0 Å². The second-order valence-corrected chi connectivity index (χ2v) is 9.79. The first-order chi connectivity index (χ1) is 14.5. The molecule has 0 aromatic heterocycles. The quantitative estimate of drug-likeness (QED) is 0.233. The molecule has 1 aliphatic heterocycles. The van der Waals surface area contributed by atoms with Gasteiger partial charge in [-0.1, -0.05) is 37.3 Å². The van der Waals surface area contributed by atoms with E-state index in [1.54, 1.807) is 0 Å². The number of hydrogen-bond acceptors (Lipinski definition) is 4. The van der Waals surface area contributed by atoms with Gasteiger partial charge in [-0.15, -0.1) is 24.0 Å². The van der Waals surface area contributed by atoms with Gasteiger partial charge in [0.1, 0.15) is 0 Å². The highest BCUT2D eigenvalue weighted by Crippen LogP contribution is 2.41.